The van der Waals surface area contributed by atoms with Crippen LogP contribution in [-0.4, -0.2) is 44.5 Å². The molecule has 0 radical (unpaired) electrons. The summed E-state index contributed by atoms with van der Waals surface area (Å²) in [6.45, 7) is 4.00. The van der Waals surface area contributed by atoms with Gasteiger partial charge in [0.05, 0.1) is 17.8 Å². The molecule has 2 aromatic heterocycles. The fourth-order valence-electron chi connectivity index (χ4n) is 1.61. The molecular formula is C17H19F3NO6S-. The fourth-order valence-corrected chi connectivity index (χ4v) is 2.33. The number of aliphatic hydroxyl groups is 2. The highest BCUT2D eigenvalue weighted by atomic mass is 32.1. The Morgan fingerprint density at radius 3 is 2.14 bits per heavy atom. The number of aliphatic hydroxyl groups excluding tert-OH is 2. The summed E-state index contributed by atoms with van der Waals surface area (Å²) in [6.07, 6.45) is -9.12. The van der Waals surface area contributed by atoms with E-state index in [1.807, 2.05) is 13.8 Å². The van der Waals surface area contributed by atoms with Crippen molar-refractivity contribution in [1.82, 2.24) is 4.98 Å². The molecular weight excluding hydrogens is 403 g/mol. The predicted octanol–water partition coefficient (Wildman–Crippen LogP) is 2.26. The lowest BCUT2D eigenvalue weighted by Crippen LogP contribution is -2.30. The van der Waals surface area contributed by atoms with E-state index in [9.17, 15) is 33.0 Å². The Bertz CT molecular complexity index is 707. The lowest BCUT2D eigenvalue weighted by atomic mass is 10.1. The molecule has 11 heteroatoms. The quantitative estimate of drug-likeness (QED) is 0.674. The molecule has 7 nitrogen and oxygen atoms in total. The summed E-state index contributed by atoms with van der Waals surface area (Å²) in [4.78, 5) is 24.2. The van der Waals surface area contributed by atoms with Gasteiger partial charge in [-0.15, -0.1) is 11.3 Å². The number of rotatable bonds is 5. The molecule has 0 spiro atoms. The Morgan fingerprint density at radius 1 is 1.14 bits per heavy atom. The number of halogens is 3. The van der Waals surface area contributed by atoms with Gasteiger partial charge in [0.1, 0.15) is 5.69 Å². The first kappa shape index (κ1) is 25.5. The largest absolute Gasteiger partial charge is 0.543 e. The molecule has 2 rings (SSSR count). The van der Waals surface area contributed by atoms with Crippen molar-refractivity contribution in [3.63, 3.8) is 0 Å². The van der Waals surface area contributed by atoms with Crippen molar-refractivity contribution in [2.45, 2.75) is 38.7 Å². The Kier molecular flexibility index (Phi) is 11.0. The third kappa shape index (κ3) is 8.93. The van der Waals surface area contributed by atoms with E-state index in [2.05, 4.69) is 4.98 Å². The minimum Gasteiger partial charge on any atom is -0.543 e. The van der Waals surface area contributed by atoms with E-state index < -0.39 is 36.7 Å². The van der Waals surface area contributed by atoms with Crippen molar-refractivity contribution in [3.05, 3.63) is 52.0 Å². The van der Waals surface area contributed by atoms with Gasteiger partial charge in [-0.3, -0.25) is 0 Å². The smallest absolute Gasteiger partial charge is 0.414 e. The van der Waals surface area contributed by atoms with Crippen LogP contribution in [-0.2, 0) is 0 Å². The first-order valence-corrected chi connectivity index (χ1v) is 8.78. The van der Waals surface area contributed by atoms with Gasteiger partial charge < -0.3 is 25.2 Å². The average Bonchev–Trinajstić information content (AvgIpc) is 3.18. The van der Waals surface area contributed by atoms with Crippen molar-refractivity contribution in [2.75, 3.05) is 0 Å². The van der Waals surface area contributed by atoms with Gasteiger partial charge in [-0.2, -0.15) is 13.2 Å². The zero-order valence-corrected chi connectivity index (χ0v) is 15.7. The van der Waals surface area contributed by atoms with Crippen LogP contribution in [0.5, 0.6) is 0 Å². The van der Waals surface area contributed by atoms with Crippen LogP contribution in [0.15, 0.2) is 35.7 Å². The molecule has 0 bridgehead atoms. The fraction of sp³-hybridized carbons (Fsp3) is 0.353. The number of alkyl halides is 3. The summed E-state index contributed by atoms with van der Waals surface area (Å²) in [5, 5.41) is 38.2. The van der Waals surface area contributed by atoms with Crippen LogP contribution in [0.4, 0.5) is 13.2 Å². The number of pyridine rings is 1. The molecule has 2 aromatic rings. The zero-order valence-electron chi connectivity index (χ0n) is 14.9. The molecule has 0 aliphatic carbocycles. The topological polar surface area (TPSA) is 131 Å². The highest BCUT2D eigenvalue weighted by Crippen LogP contribution is 2.29. The van der Waals surface area contributed by atoms with Crippen LogP contribution in [0.3, 0.4) is 0 Å². The summed E-state index contributed by atoms with van der Waals surface area (Å²) in [7, 11) is 0. The standard InChI is InChI=1S/C8H9F3O2S.C7H5NO4.C2H6/c9-8(10,11)7(13)4-5(12)6-2-1-3-14-6;9-6(10)4-2-1-3-5(8-4)7(11)12;1-2/h1-3,5,7,12-13H,4H2;1-3H,(H,9,10)(H,11,12);1-2H3/p-1. The lowest BCUT2D eigenvalue weighted by molar-refractivity contribution is -0.255. The maximum Gasteiger partial charge on any atom is 0.414 e. The van der Waals surface area contributed by atoms with Crippen LogP contribution >= 0.6 is 11.3 Å². The van der Waals surface area contributed by atoms with Gasteiger partial charge in [0, 0.05) is 11.3 Å². The molecule has 156 valence electrons. The number of aromatic carboxylic acids is 2. The normalized spacial score (nSPS) is 12.5. The molecule has 28 heavy (non-hydrogen) atoms. The molecule has 3 N–H and O–H groups in total. The van der Waals surface area contributed by atoms with E-state index in [1.165, 1.54) is 24.3 Å². The number of carbonyl (C=O) groups is 2. The third-order valence-corrected chi connectivity index (χ3v) is 3.85. The lowest BCUT2D eigenvalue weighted by Gasteiger charge is -2.17. The predicted molar refractivity (Wildman–Crippen MR) is 92.8 cm³/mol. The number of carbonyl (C=O) groups excluding carboxylic acids is 1. The number of carboxylic acids is 2. The van der Waals surface area contributed by atoms with Gasteiger partial charge in [0.25, 0.3) is 0 Å². The molecule has 0 saturated heterocycles. The molecule has 0 aliphatic rings. The molecule has 0 aromatic carbocycles. The number of nitrogens with zero attached hydrogens (tertiary/aromatic N) is 1. The molecule has 0 saturated carbocycles. The van der Waals surface area contributed by atoms with E-state index in [4.69, 9.17) is 10.2 Å². The second kappa shape index (κ2) is 12.1. The maximum atomic E-state index is 11.9. The Balaban J connectivity index is 0.000000483. The highest BCUT2D eigenvalue weighted by molar-refractivity contribution is 7.10. The summed E-state index contributed by atoms with van der Waals surface area (Å²) >= 11 is 1.16. The molecule has 0 amide bonds. The minimum atomic E-state index is -4.67. The van der Waals surface area contributed by atoms with Crippen LogP contribution in [0.2, 0.25) is 0 Å². The Labute approximate surface area is 162 Å². The highest BCUT2D eigenvalue weighted by Gasteiger charge is 2.39. The van der Waals surface area contributed by atoms with Gasteiger partial charge >= 0.3 is 12.1 Å². The maximum absolute atomic E-state index is 11.9. The SMILES string of the molecule is CC.O=C([O-])c1cccc(C(=O)O)n1.OC(CC(O)C(F)(F)F)c1cccs1. The zero-order chi connectivity index (χ0) is 21.9. The van der Waals surface area contributed by atoms with Crippen LogP contribution in [0, 0.1) is 0 Å². The van der Waals surface area contributed by atoms with Gasteiger partial charge in [0.15, 0.2) is 6.10 Å². The molecule has 0 fully saturated rings. The first-order chi connectivity index (χ1) is 13.0. The Morgan fingerprint density at radius 2 is 1.71 bits per heavy atom. The van der Waals surface area contributed by atoms with Crippen LogP contribution in [0.1, 0.15) is 52.2 Å². The Hall–Kier alpha value is -2.50. The average molecular weight is 422 g/mol. The number of carboxylic acid groups (broad SMARTS) is 2. The molecule has 2 atom stereocenters. The van der Waals surface area contributed by atoms with Crippen LogP contribution in [0.25, 0.3) is 0 Å². The monoisotopic (exact) mass is 422 g/mol. The summed E-state index contributed by atoms with van der Waals surface area (Å²) in [5.74, 6) is -2.75. The second-order valence-electron chi connectivity index (χ2n) is 4.83. The summed E-state index contributed by atoms with van der Waals surface area (Å²) in [5.41, 5.74) is -0.688. The van der Waals surface area contributed by atoms with Crippen molar-refractivity contribution < 1.29 is 43.2 Å². The van der Waals surface area contributed by atoms with Gasteiger partial charge in [0.2, 0.25) is 0 Å². The van der Waals surface area contributed by atoms with E-state index in [0.717, 1.165) is 11.3 Å². The molecule has 0 aliphatic heterocycles. The van der Waals surface area contributed by atoms with E-state index in [0.29, 0.717) is 4.88 Å². The second-order valence-corrected chi connectivity index (χ2v) is 5.80. The summed E-state index contributed by atoms with van der Waals surface area (Å²) < 4.78 is 35.7. The first-order valence-electron chi connectivity index (χ1n) is 7.90. The van der Waals surface area contributed by atoms with Crippen LogP contribution < -0.4 is 5.11 Å². The molecule has 2 unspecified atom stereocenters. The molecule has 2 heterocycles. The van der Waals surface area contributed by atoms with E-state index in [1.54, 1.807) is 11.4 Å². The van der Waals surface area contributed by atoms with Gasteiger partial charge in [-0.25, -0.2) is 9.78 Å². The van der Waals surface area contributed by atoms with Crippen molar-refractivity contribution in [3.8, 4) is 0 Å². The minimum absolute atomic E-state index is 0.309. The van der Waals surface area contributed by atoms with E-state index >= 15 is 0 Å². The van der Waals surface area contributed by atoms with Crippen molar-refractivity contribution in [2.24, 2.45) is 0 Å². The van der Waals surface area contributed by atoms with Crippen molar-refractivity contribution >= 4 is 23.3 Å². The van der Waals surface area contributed by atoms with Gasteiger partial charge in [-0.1, -0.05) is 26.0 Å². The number of hydrogen-bond acceptors (Lipinski definition) is 7. The van der Waals surface area contributed by atoms with Gasteiger partial charge in [-0.05, 0) is 23.6 Å². The summed E-state index contributed by atoms with van der Waals surface area (Å²) in [6, 6.07) is 6.82. The van der Waals surface area contributed by atoms with E-state index in [-0.39, 0.29) is 11.4 Å². The van der Waals surface area contributed by atoms with Crippen molar-refractivity contribution in [1.29, 1.82) is 0 Å². The number of thiophene rings is 1. The number of hydrogen-bond donors (Lipinski definition) is 3. The number of aromatic nitrogens is 1. The third-order valence-electron chi connectivity index (χ3n) is 2.87.